The predicted molar refractivity (Wildman–Crippen MR) is 53.2 cm³/mol. The third-order valence-electron chi connectivity index (χ3n) is 2.01. The lowest BCUT2D eigenvalue weighted by Gasteiger charge is -2.05. The first-order valence-corrected chi connectivity index (χ1v) is 4.74. The largest absolute Gasteiger partial charge is 0.219 e. The van der Waals surface area contributed by atoms with Crippen LogP contribution in [0.4, 0.5) is 13.2 Å². The van der Waals surface area contributed by atoms with E-state index in [1.807, 2.05) is 0 Å². The summed E-state index contributed by atoms with van der Waals surface area (Å²) in [5, 5.41) is 3.99. The molecule has 0 amide bonds. The van der Waals surface area contributed by atoms with Gasteiger partial charge in [0, 0.05) is 12.1 Å². The second-order valence-corrected chi connectivity index (χ2v) is 3.63. The van der Waals surface area contributed by atoms with E-state index < -0.39 is 17.5 Å². The maximum absolute atomic E-state index is 13.4. The van der Waals surface area contributed by atoms with Crippen molar-refractivity contribution in [3.05, 3.63) is 46.5 Å². The molecule has 1 aromatic carbocycles. The molecule has 1 aromatic heterocycles. The highest BCUT2D eigenvalue weighted by Crippen LogP contribution is 2.21. The zero-order chi connectivity index (χ0) is 11.9. The van der Waals surface area contributed by atoms with Gasteiger partial charge in [-0.05, 0) is 13.0 Å². The summed E-state index contributed by atoms with van der Waals surface area (Å²) < 4.78 is 40.0. The number of hydrogen-bond donors (Lipinski definition) is 0. The second-order valence-electron chi connectivity index (χ2n) is 3.24. The van der Waals surface area contributed by atoms with Gasteiger partial charge in [0.15, 0.2) is 17.5 Å². The van der Waals surface area contributed by atoms with Crippen LogP contribution in [0.3, 0.4) is 0 Å². The van der Waals surface area contributed by atoms with E-state index in [0.717, 1.165) is 4.68 Å². The average molecular weight is 247 g/mol. The summed E-state index contributed by atoms with van der Waals surface area (Å²) in [6, 6.07) is 2.66. The van der Waals surface area contributed by atoms with E-state index in [2.05, 4.69) is 5.10 Å². The number of nitrogens with zero attached hydrogens (tertiary/aromatic N) is 2. The Morgan fingerprint density at radius 3 is 2.25 bits per heavy atom. The van der Waals surface area contributed by atoms with Gasteiger partial charge >= 0.3 is 0 Å². The highest BCUT2D eigenvalue weighted by Gasteiger charge is 2.14. The minimum Gasteiger partial charge on any atom is -0.219 e. The molecule has 0 N–H and O–H groups in total. The highest BCUT2D eigenvalue weighted by molar-refractivity contribution is 6.29. The molecule has 2 nitrogen and oxygen atoms in total. The topological polar surface area (TPSA) is 17.8 Å². The van der Waals surface area contributed by atoms with Crippen molar-refractivity contribution in [3.8, 4) is 5.69 Å². The molecule has 84 valence electrons. The highest BCUT2D eigenvalue weighted by atomic mass is 35.5. The van der Waals surface area contributed by atoms with Crippen LogP contribution in [-0.4, -0.2) is 9.78 Å². The molecule has 16 heavy (non-hydrogen) atoms. The molecule has 6 heteroatoms. The van der Waals surface area contributed by atoms with E-state index in [1.165, 1.54) is 6.07 Å². The summed E-state index contributed by atoms with van der Waals surface area (Å²) >= 11 is 5.76. The van der Waals surface area contributed by atoms with Crippen molar-refractivity contribution in [1.82, 2.24) is 9.78 Å². The van der Waals surface area contributed by atoms with Gasteiger partial charge in [-0.3, -0.25) is 0 Å². The Labute approximate surface area is 94.3 Å². The van der Waals surface area contributed by atoms with Gasteiger partial charge in [-0.2, -0.15) is 5.10 Å². The Morgan fingerprint density at radius 2 is 1.69 bits per heavy atom. The molecule has 0 atom stereocenters. The minimum atomic E-state index is -1.25. The van der Waals surface area contributed by atoms with Crippen molar-refractivity contribution >= 4 is 11.6 Å². The quantitative estimate of drug-likeness (QED) is 0.707. The summed E-state index contributed by atoms with van der Waals surface area (Å²) in [4.78, 5) is 0. The Hall–Kier alpha value is -1.49. The van der Waals surface area contributed by atoms with Crippen LogP contribution in [0.25, 0.3) is 5.69 Å². The average Bonchev–Trinajstić information content (AvgIpc) is 2.51. The first-order valence-electron chi connectivity index (χ1n) is 4.36. The van der Waals surface area contributed by atoms with Crippen molar-refractivity contribution < 1.29 is 13.2 Å². The number of aryl methyl sites for hydroxylation is 1. The smallest absolute Gasteiger partial charge is 0.161 e. The molecule has 0 saturated carbocycles. The molecule has 1 heterocycles. The maximum atomic E-state index is 13.4. The van der Waals surface area contributed by atoms with Crippen molar-refractivity contribution in [2.75, 3.05) is 0 Å². The Kier molecular flexibility index (Phi) is 2.63. The Morgan fingerprint density at radius 1 is 1.06 bits per heavy atom. The standard InChI is InChI=1S/C10H6ClF3N2/c1-5-2-10(11)16(15-5)9-4-7(13)6(12)3-8(9)14/h2-4H,1H3. The third kappa shape index (κ3) is 1.78. The number of halogens is 4. The van der Waals surface area contributed by atoms with Crippen LogP contribution in [0.15, 0.2) is 18.2 Å². The predicted octanol–water partition coefficient (Wildman–Crippen LogP) is 3.25. The molecule has 0 spiro atoms. The summed E-state index contributed by atoms with van der Waals surface area (Å²) in [5.74, 6) is -3.33. The van der Waals surface area contributed by atoms with E-state index in [9.17, 15) is 13.2 Å². The maximum Gasteiger partial charge on any atom is 0.161 e. The Bertz CT molecular complexity index is 551. The van der Waals surface area contributed by atoms with Crippen LogP contribution in [0.2, 0.25) is 5.15 Å². The molecule has 0 saturated heterocycles. The lowest BCUT2D eigenvalue weighted by atomic mass is 10.3. The molecule has 0 unspecified atom stereocenters. The molecule has 2 aromatic rings. The van der Waals surface area contributed by atoms with Crippen molar-refractivity contribution in [1.29, 1.82) is 0 Å². The van der Waals surface area contributed by atoms with Gasteiger partial charge in [0.1, 0.15) is 10.8 Å². The van der Waals surface area contributed by atoms with Crippen LogP contribution in [-0.2, 0) is 0 Å². The summed E-state index contributed by atoms with van der Waals surface area (Å²) in [6.45, 7) is 1.65. The third-order valence-corrected chi connectivity index (χ3v) is 2.28. The van der Waals surface area contributed by atoms with Gasteiger partial charge in [-0.15, -0.1) is 0 Å². The van der Waals surface area contributed by atoms with Crippen molar-refractivity contribution in [2.24, 2.45) is 0 Å². The first-order chi connectivity index (χ1) is 7.49. The van der Waals surface area contributed by atoms with Gasteiger partial charge in [0.25, 0.3) is 0 Å². The molecule has 0 bridgehead atoms. The van der Waals surface area contributed by atoms with Crippen LogP contribution >= 0.6 is 11.6 Å². The van der Waals surface area contributed by atoms with Crippen molar-refractivity contribution in [2.45, 2.75) is 6.92 Å². The van der Waals surface area contributed by atoms with E-state index in [4.69, 9.17) is 11.6 Å². The van der Waals surface area contributed by atoms with E-state index in [1.54, 1.807) is 6.92 Å². The molecule has 0 aliphatic carbocycles. The first kappa shape index (κ1) is 11.0. The SMILES string of the molecule is Cc1cc(Cl)n(-c2cc(F)c(F)cc2F)n1. The number of benzene rings is 1. The molecule has 0 radical (unpaired) electrons. The summed E-state index contributed by atoms with van der Waals surface area (Å²) in [7, 11) is 0. The van der Waals surface area contributed by atoms with Crippen molar-refractivity contribution in [3.63, 3.8) is 0 Å². The van der Waals surface area contributed by atoms with Crippen LogP contribution in [0, 0.1) is 24.4 Å². The van der Waals surface area contributed by atoms with E-state index >= 15 is 0 Å². The zero-order valence-corrected chi connectivity index (χ0v) is 8.89. The number of aromatic nitrogens is 2. The molecular weight excluding hydrogens is 241 g/mol. The molecule has 0 aliphatic rings. The molecular formula is C10H6ClF3N2. The second kappa shape index (κ2) is 3.83. The van der Waals surface area contributed by atoms with Gasteiger partial charge in [-0.25, -0.2) is 17.9 Å². The molecule has 0 fully saturated rings. The lowest BCUT2D eigenvalue weighted by molar-refractivity contribution is 0.491. The van der Waals surface area contributed by atoms with E-state index in [-0.39, 0.29) is 10.8 Å². The Balaban J connectivity index is 2.64. The van der Waals surface area contributed by atoms with Gasteiger partial charge in [-0.1, -0.05) is 11.6 Å². The van der Waals surface area contributed by atoms with Gasteiger partial charge < -0.3 is 0 Å². The summed E-state index contributed by atoms with van der Waals surface area (Å²) in [5.41, 5.74) is 0.325. The lowest BCUT2D eigenvalue weighted by Crippen LogP contribution is -2.02. The van der Waals surface area contributed by atoms with Crippen LogP contribution < -0.4 is 0 Å². The normalized spacial score (nSPS) is 10.8. The van der Waals surface area contributed by atoms with Crippen LogP contribution in [0.5, 0.6) is 0 Å². The summed E-state index contributed by atoms with van der Waals surface area (Å²) in [6.07, 6.45) is 0. The minimum absolute atomic E-state index is 0.127. The molecule has 2 rings (SSSR count). The van der Waals surface area contributed by atoms with E-state index in [0.29, 0.717) is 17.8 Å². The van der Waals surface area contributed by atoms with Gasteiger partial charge in [0.05, 0.1) is 5.69 Å². The number of rotatable bonds is 1. The molecule has 0 aliphatic heterocycles. The fourth-order valence-corrected chi connectivity index (χ4v) is 1.60. The zero-order valence-electron chi connectivity index (χ0n) is 8.14. The fourth-order valence-electron chi connectivity index (χ4n) is 1.31. The van der Waals surface area contributed by atoms with Crippen LogP contribution in [0.1, 0.15) is 5.69 Å². The number of hydrogen-bond acceptors (Lipinski definition) is 1. The fraction of sp³-hybridized carbons (Fsp3) is 0.100. The monoisotopic (exact) mass is 246 g/mol. The van der Waals surface area contributed by atoms with Gasteiger partial charge in [0.2, 0.25) is 0 Å².